The molecule has 6 nitrogen and oxygen atoms in total. The van der Waals surface area contributed by atoms with Gasteiger partial charge in [-0.05, 0) is 29.8 Å². The van der Waals surface area contributed by atoms with Crippen molar-refractivity contribution in [3.63, 3.8) is 0 Å². The lowest BCUT2D eigenvalue weighted by atomic mass is 10.1. The highest BCUT2D eigenvalue weighted by molar-refractivity contribution is 7.92. The fourth-order valence-corrected chi connectivity index (χ4v) is 5.82. The average Bonchev–Trinajstić information content (AvgIpc) is 3.00. The van der Waals surface area contributed by atoms with Gasteiger partial charge in [-0.2, -0.15) is 0 Å². The standard InChI is InChI=1S/C17H18N2O4S/c18-9-17(19)15(11-6-7-13-14(8-11)23-10-22-13)16(17)24(20,21)12-4-2-1-3-5-12/h1-8,15-16H,9-10,18-19H2/t15-,16-,17+/m0/s1. The van der Waals surface area contributed by atoms with Gasteiger partial charge in [0, 0.05) is 12.5 Å². The second kappa shape index (κ2) is 5.20. The van der Waals surface area contributed by atoms with Gasteiger partial charge in [0.1, 0.15) is 0 Å². The van der Waals surface area contributed by atoms with Gasteiger partial charge in [-0.15, -0.1) is 0 Å². The Balaban J connectivity index is 1.74. The molecule has 126 valence electrons. The predicted molar refractivity (Wildman–Crippen MR) is 88.7 cm³/mol. The maximum absolute atomic E-state index is 13.0. The summed E-state index contributed by atoms with van der Waals surface area (Å²) in [4.78, 5) is 0.265. The van der Waals surface area contributed by atoms with E-state index in [-0.39, 0.29) is 24.2 Å². The van der Waals surface area contributed by atoms with Crippen LogP contribution in [0, 0.1) is 0 Å². The maximum atomic E-state index is 13.0. The molecule has 1 heterocycles. The van der Waals surface area contributed by atoms with Crippen LogP contribution in [0.5, 0.6) is 11.5 Å². The molecule has 0 unspecified atom stereocenters. The molecule has 24 heavy (non-hydrogen) atoms. The first-order chi connectivity index (χ1) is 11.5. The molecule has 3 atom stereocenters. The number of ether oxygens (including phenoxy) is 2. The summed E-state index contributed by atoms with van der Waals surface area (Å²) in [7, 11) is -3.57. The minimum Gasteiger partial charge on any atom is -0.454 e. The molecule has 1 saturated carbocycles. The van der Waals surface area contributed by atoms with Gasteiger partial charge in [-0.25, -0.2) is 8.42 Å². The van der Waals surface area contributed by atoms with E-state index in [0.29, 0.717) is 11.5 Å². The van der Waals surface area contributed by atoms with Crippen LogP contribution in [-0.4, -0.2) is 32.5 Å². The van der Waals surface area contributed by atoms with Crippen LogP contribution in [0.25, 0.3) is 0 Å². The van der Waals surface area contributed by atoms with Crippen LogP contribution < -0.4 is 20.9 Å². The number of rotatable bonds is 4. The van der Waals surface area contributed by atoms with E-state index in [2.05, 4.69) is 0 Å². The first-order valence-electron chi connectivity index (χ1n) is 7.66. The highest BCUT2D eigenvalue weighted by Gasteiger charge is 2.68. The third-order valence-corrected chi connectivity index (χ3v) is 7.13. The Bertz CT molecular complexity index is 885. The van der Waals surface area contributed by atoms with Crippen LogP contribution in [0.4, 0.5) is 0 Å². The van der Waals surface area contributed by atoms with Crippen molar-refractivity contribution in [2.24, 2.45) is 11.5 Å². The van der Waals surface area contributed by atoms with Crippen LogP contribution in [0.15, 0.2) is 53.4 Å². The molecule has 2 aromatic carbocycles. The Labute approximate surface area is 140 Å². The fraction of sp³-hybridized carbons (Fsp3) is 0.294. The fourth-order valence-electron chi connectivity index (χ4n) is 3.48. The summed E-state index contributed by atoms with van der Waals surface area (Å²) in [5.41, 5.74) is 12.0. The molecule has 1 aliphatic heterocycles. The summed E-state index contributed by atoms with van der Waals surface area (Å²) in [6.45, 7) is 0.253. The van der Waals surface area contributed by atoms with Gasteiger partial charge in [0.25, 0.3) is 0 Å². The molecule has 0 radical (unpaired) electrons. The molecule has 1 aliphatic carbocycles. The van der Waals surface area contributed by atoms with Crippen LogP contribution in [-0.2, 0) is 9.84 Å². The first kappa shape index (κ1) is 15.4. The zero-order valence-electron chi connectivity index (χ0n) is 12.9. The zero-order valence-corrected chi connectivity index (χ0v) is 13.7. The highest BCUT2D eigenvalue weighted by Crippen LogP contribution is 2.56. The van der Waals surface area contributed by atoms with Gasteiger partial charge in [-0.3, -0.25) is 0 Å². The molecular formula is C17H18N2O4S. The second-order valence-electron chi connectivity index (χ2n) is 6.19. The Morgan fingerprint density at radius 3 is 2.50 bits per heavy atom. The van der Waals surface area contributed by atoms with Crippen LogP contribution in [0.2, 0.25) is 0 Å². The molecule has 0 spiro atoms. The molecule has 2 aromatic rings. The largest absolute Gasteiger partial charge is 0.454 e. The molecule has 2 aliphatic rings. The van der Waals surface area contributed by atoms with Crippen molar-refractivity contribution in [3.8, 4) is 11.5 Å². The number of fused-ring (bicyclic) bond motifs is 1. The Morgan fingerprint density at radius 1 is 1.08 bits per heavy atom. The molecule has 0 bridgehead atoms. The summed E-state index contributed by atoms with van der Waals surface area (Å²) >= 11 is 0. The van der Waals surface area contributed by atoms with Crippen LogP contribution >= 0.6 is 0 Å². The van der Waals surface area contributed by atoms with E-state index >= 15 is 0 Å². The molecule has 4 N–H and O–H groups in total. The van der Waals surface area contributed by atoms with Crippen LogP contribution in [0.3, 0.4) is 0 Å². The predicted octanol–water partition coefficient (Wildman–Crippen LogP) is 1.01. The summed E-state index contributed by atoms with van der Waals surface area (Å²) < 4.78 is 36.7. The smallest absolute Gasteiger partial charge is 0.231 e. The van der Waals surface area contributed by atoms with Crippen molar-refractivity contribution in [1.82, 2.24) is 0 Å². The van der Waals surface area contributed by atoms with Gasteiger partial charge in [0.05, 0.1) is 15.7 Å². The van der Waals surface area contributed by atoms with E-state index in [1.54, 1.807) is 42.5 Å². The van der Waals surface area contributed by atoms with Gasteiger partial charge in [0.15, 0.2) is 21.3 Å². The van der Waals surface area contributed by atoms with E-state index in [0.717, 1.165) is 5.56 Å². The quantitative estimate of drug-likeness (QED) is 0.856. The zero-order chi connectivity index (χ0) is 16.9. The number of sulfone groups is 1. The SMILES string of the molecule is NC[C@@]1(N)[C@@H](c2ccc3c(c2)OCO3)[C@@H]1S(=O)(=O)c1ccccc1. The van der Waals surface area contributed by atoms with Gasteiger partial charge < -0.3 is 20.9 Å². The molecule has 1 fully saturated rings. The lowest BCUT2D eigenvalue weighted by Crippen LogP contribution is -2.39. The van der Waals surface area contributed by atoms with E-state index in [9.17, 15) is 8.42 Å². The third-order valence-electron chi connectivity index (χ3n) is 4.82. The highest BCUT2D eigenvalue weighted by atomic mass is 32.2. The number of hydrogen-bond donors (Lipinski definition) is 2. The van der Waals surface area contributed by atoms with Gasteiger partial charge in [0.2, 0.25) is 6.79 Å². The lowest BCUT2D eigenvalue weighted by Gasteiger charge is -2.09. The van der Waals surface area contributed by atoms with Crippen molar-refractivity contribution in [2.75, 3.05) is 13.3 Å². The van der Waals surface area contributed by atoms with Crippen molar-refractivity contribution < 1.29 is 17.9 Å². The number of benzene rings is 2. The van der Waals surface area contributed by atoms with Crippen molar-refractivity contribution in [2.45, 2.75) is 21.6 Å². The van der Waals surface area contributed by atoms with Crippen molar-refractivity contribution >= 4 is 9.84 Å². The number of nitrogens with two attached hydrogens (primary N) is 2. The van der Waals surface area contributed by atoms with E-state index < -0.39 is 20.6 Å². The van der Waals surface area contributed by atoms with Gasteiger partial charge in [-0.1, -0.05) is 24.3 Å². The second-order valence-corrected chi connectivity index (χ2v) is 8.25. The topological polar surface area (TPSA) is 105 Å². The lowest BCUT2D eigenvalue weighted by molar-refractivity contribution is 0.174. The summed E-state index contributed by atoms with van der Waals surface area (Å²) in [5.74, 6) is 0.883. The summed E-state index contributed by atoms with van der Waals surface area (Å²) in [6.07, 6.45) is 0. The first-order valence-corrected chi connectivity index (χ1v) is 9.20. The average molecular weight is 346 g/mol. The molecule has 0 aromatic heterocycles. The maximum Gasteiger partial charge on any atom is 0.231 e. The molecule has 4 rings (SSSR count). The minimum atomic E-state index is -3.57. The van der Waals surface area contributed by atoms with Crippen LogP contribution in [0.1, 0.15) is 11.5 Å². The Hall–Kier alpha value is -2.09. The molecular weight excluding hydrogens is 328 g/mol. The molecule has 0 amide bonds. The summed E-state index contributed by atoms with van der Waals surface area (Å²) in [5, 5.41) is -0.752. The molecule has 0 saturated heterocycles. The third kappa shape index (κ3) is 2.12. The van der Waals surface area contributed by atoms with E-state index in [1.807, 2.05) is 6.07 Å². The van der Waals surface area contributed by atoms with Gasteiger partial charge >= 0.3 is 0 Å². The minimum absolute atomic E-state index is 0.0861. The summed E-state index contributed by atoms with van der Waals surface area (Å²) in [6, 6.07) is 13.7. The van der Waals surface area contributed by atoms with E-state index in [1.165, 1.54) is 0 Å². The molecule has 7 heteroatoms. The Kier molecular flexibility index (Phi) is 3.35. The van der Waals surface area contributed by atoms with Crippen molar-refractivity contribution in [3.05, 3.63) is 54.1 Å². The van der Waals surface area contributed by atoms with E-state index in [4.69, 9.17) is 20.9 Å². The van der Waals surface area contributed by atoms with Crippen molar-refractivity contribution in [1.29, 1.82) is 0 Å². The Morgan fingerprint density at radius 2 is 1.79 bits per heavy atom. The number of hydrogen-bond acceptors (Lipinski definition) is 6. The monoisotopic (exact) mass is 346 g/mol. The normalized spacial score (nSPS) is 27.9.